The Morgan fingerprint density at radius 3 is 2.75 bits per heavy atom. The number of amides is 1. The number of aryl methyl sites for hydroxylation is 1. The van der Waals surface area contributed by atoms with Crippen LogP contribution in [0.1, 0.15) is 23.0 Å². The lowest BCUT2D eigenvalue weighted by atomic mass is 10.1. The van der Waals surface area contributed by atoms with E-state index in [2.05, 4.69) is 0 Å². The van der Waals surface area contributed by atoms with Gasteiger partial charge in [-0.15, -0.1) is 0 Å². The Balaban J connectivity index is 2.76. The predicted molar refractivity (Wildman–Crippen MR) is 60.4 cm³/mol. The van der Waals surface area contributed by atoms with Crippen LogP contribution in [-0.4, -0.2) is 5.91 Å². The molecule has 82 valence electrons. The van der Waals surface area contributed by atoms with Crippen molar-refractivity contribution in [3.63, 3.8) is 0 Å². The summed E-state index contributed by atoms with van der Waals surface area (Å²) in [5.74, 6) is -0.847. The molecule has 0 spiro atoms. The quantitative estimate of drug-likeness (QED) is 0.827. The van der Waals surface area contributed by atoms with Crippen molar-refractivity contribution in [2.24, 2.45) is 5.73 Å². The zero-order valence-electron chi connectivity index (χ0n) is 8.82. The van der Waals surface area contributed by atoms with E-state index in [1.54, 1.807) is 12.1 Å². The summed E-state index contributed by atoms with van der Waals surface area (Å²) in [4.78, 5) is 22.6. The third-order valence-electron chi connectivity index (χ3n) is 2.44. The fraction of sp³-hybridized carbons (Fsp3) is 0.167. The monoisotopic (exact) mass is 217 g/mol. The standard InChI is InChI=1S/C12H11NO3/c1-2-7-3-4-10-8(5-7)9(14)6-11(16-10)12(13)15/h3-6H,2H2,1H3,(H2,13,15). The van der Waals surface area contributed by atoms with E-state index in [1.807, 2.05) is 13.0 Å². The van der Waals surface area contributed by atoms with Crippen LogP contribution in [0.2, 0.25) is 0 Å². The minimum absolute atomic E-state index is 0.109. The molecule has 0 saturated heterocycles. The Morgan fingerprint density at radius 2 is 2.12 bits per heavy atom. The van der Waals surface area contributed by atoms with E-state index in [1.165, 1.54) is 0 Å². The summed E-state index contributed by atoms with van der Waals surface area (Å²) in [5.41, 5.74) is 6.25. The van der Waals surface area contributed by atoms with Gasteiger partial charge >= 0.3 is 0 Å². The van der Waals surface area contributed by atoms with E-state index in [9.17, 15) is 9.59 Å². The topological polar surface area (TPSA) is 73.3 Å². The van der Waals surface area contributed by atoms with Gasteiger partial charge in [0.05, 0.1) is 5.39 Å². The van der Waals surface area contributed by atoms with Crippen LogP contribution in [0.25, 0.3) is 11.0 Å². The molecule has 1 heterocycles. The van der Waals surface area contributed by atoms with Crippen molar-refractivity contribution in [3.8, 4) is 0 Å². The highest BCUT2D eigenvalue weighted by Gasteiger charge is 2.08. The molecule has 0 bridgehead atoms. The van der Waals surface area contributed by atoms with Crippen LogP contribution in [0, 0.1) is 0 Å². The Bertz CT molecular complexity index is 613. The van der Waals surface area contributed by atoms with Crippen molar-refractivity contribution in [1.29, 1.82) is 0 Å². The molecule has 0 aliphatic rings. The average molecular weight is 217 g/mol. The second-order valence-electron chi connectivity index (χ2n) is 3.52. The van der Waals surface area contributed by atoms with Gasteiger partial charge in [-0.2, -0.15) is 0 Å². The Kier molecular flexibility index (Phi) is 2.48. The van der Waals surface area contributed by atoms with Gasteiger partial charge in [-0.25, -0.2) is 0 Å². The highest BCUT2D eigenvalue weighted by Crippen LogP contribution is 2.14. The molecule has 2 rings (SSSR count). The van der Waals surface area contributed by atoms with Gasteiger partial charge in [0.2, 0.25) is 0 Å². The van der Waals surface area contributed by atoms with Gasteiger partial charge in [-0.05, 0) is 24.1 Å². The number of nitrogens with two attached hydrogens (primary N) is 1. The molecule has 1 aromatic heterocycles. The number of fused-ring (bicyclic) bond motifs is 1. The zero-order valence-corrected chi connectivity index (χ0v) is 8.82. The normalized spacial score (nSPS) is 10.6. The zero-order chi connectivity index (χ0) is 11.7. The number of hydrogen-bond donors (Lipinski definition) is 1. The predicted octanol–water partition coefficient (Wildman–Crippen LogP) is 1.45. The van der Waals surface area contributed by atoms with Gasteiger partial charge in [-0.3, -0.25) is 9.59 Å². The summed E-state index contributed by atoms with van der Waals surface area (Å²) in [6, 6.07) is 6.44. The maximum Gasteiger partial charge on any atom is 0.284 e. The van der Waals surface area contributed by atoms with Crippen LogP contribution >= 0.6 is 0 Å². The SMILES string of the molecule is CCc1ccc2oc(C(N)=O)cc(=O)c2c1. The second kappa shape index (κ2) is 3.81. The van der Waals surface area contributed by atoms with Gasteiger partial charge in [0.1, 0.15) is 5.58 Å². The summed E-state index contributed by atoms with van der Waals surface area (Å²) in [5, 5.41) is 0.476. The van der Waals surface area contributed by atoms with E-state index in [-0.39, 0.29) is 11.2 Å². The number of primary amides is 1. The van der Waals surface area contributed by atoms with Gasteiger partial charge in [0, 0.05) is 6.07 Å². The second-order valence-corrected chi connectivity index (χ2v) is 3.52. The molecule has 0 aliphatic heterocycles. The maximum atomic E-state index is 11.7. The third-order valence-corrected chi connectivity index (χ3v) is 2.44. The van der Waals surface area contributed by atoms with E-state index < -0.39 is 5.91 Å². The van der Waals surface area contributed by atoms with Crippen molar-refractivity contribution in [2.45, 2.75) is 13.3 Å². The van der Waals surface area contributed by atoms with Gasteiger partial charge < -0.3 is 10.2 Å². The number of rotatable bonds is 2. The van der Waals surface area contributed by atoms with Gasteiger partial charge in [0.25, 0.3) is 5.91 Å². The molecule has 0 atom stereocenters. The van der Waals surface area contributed by atoms with E-state index in [4.69, 9.17) is 10.2 Å². The van der Waals surface area contributed by atoms with Crippen LogP contribution in [0.3, 0.4) is 0 Å². The summed E-state index contributed by atoms with van der Waals surface area (Å²) in [6.07, 6.45) is 0.840. The first-order chi connectivity index (χ1) is 7.61. The van der Waals surface area contributed by atoms with Crippen molar-refractivity contribution in [3.05, 3.63) is 45.8 Å². The van der Waals surface area contributed by atoms with Crippen molar-refractivity contribution >= 4 is 16.9 Å². The third kappa shape index (κ3) is 1.69. The van der Waals surface area contributed by atoms with Crippen molar-refractivity contribution in [2.75, 3.05) is 0 Å². The fourth-order valence-electron chi connectivity index (χ4n) is 1.54. The Morgan fingerprint density at radius 1 is 1.38 bits per heavy atom. The van der Waals surface area contributed by atoms with Crippen LogP contribution in [-0.2, 0) is 6.42 Å². The molecular formula is C12H11NO3. The van der Waals surface area contributed by atoms with E-state index in [0.717, 1.165) is 18.1 Å². The van der Waals surface area contributed by atoms with Crippen LogP contribution in [0.5, 0.6) is 0 Å². The Hall–Kier alpha value is -2.10. The van der Waals surface area contributed by atoms with Gasteiger partial charge in [0.15, 0.2) is 11.2 Å². The molecule has 2 N–H and O–H groups in total. The molecule has 0 aliphatic carbocycles. The molecule has 1 amide bonds. The van der Waals surface area contributed by atoms with Crippen LogP contribution < -0.4 is 11.2 Å². The first kappa shape index (κ1) is 10.4. The van der Waals surface area contributed by atoms with Gasteiger partial charge in [-0.1, -0.05) is 13.0 Å². The molecule has 0 unspecified atom stereocenters. The minimum atomic E-state index is -0.737. The summed E-state index contributed by atoms with van der Waals surface area (Å²) < 4.78 is 5.23. The average Bonchev–Trinajstić information content (AvgIpc) is 2.28. The molecule has 0 radical (unpaired) electrons. The number of benzene rings is 1. The largest absolute Gasteiger partial charge is 0.451 e. The highest BCUT2D eigenvalue weighted by molar-refractivity contribution is 5.91. The number of carbonyl (C=O) groups excluding carboxylic acids is 1. The smallest absolute Gasteiger partial charge is 0.284 e. The lowest BCUT2D eigenvalue weighted by Gasteiger charge is -2.01. The van der Waals surface area contributed by atoms with E-state index in [0.29, 0.717) is 11.0 Å². The molecule has 1 aromatic carbocycles. The number of hydrogen-bond acceptors (Lipinski definition) is 3. The molecule has 2 aromatic rings. The summed E-state index contributed by atoms with van der Waals surface area (Å²) >= 11 is 0. The first-order valence-electron chi connectivity index (χ1n) is 4.98. The molecule has 4 nitrogen and oxygen atoms in total. The van der Waals surface area contributed by atoms with Crippen molar-refractivity contribution in [1.82, 2.24) is 0 Å². The lowest BCUT2D eigenvalue weighted by molar-refractivity contribution is 0.0974. The van der Waals surface area contributed by atoms with E-state index >= 15 is 0 Å². The Labute approximate surface area is 91.7 Å². The van der Waals surface area contributed by atoms with Crippen molar-refractivity contribution < 1.29 is 9.21 Å². The molecule has 0 fully saturated rings. The maximum absolute atomic E-state index is 11.7. The lowest BCUT2D eigenvalue weighted by Crippen LogP contribution is -2.14. The minimum Gasteiger partial charge on any atom is -0.451 e. The fourth-order valence-corrected chi connectivity index (χ4v) is 1.54. The van der Waals surface area contributed by atoms with Crippen LogP contribution in [0.15, 0.2) is 33.5 Å². The highest BCUT2D eigenvalue weighted by atomic mass is 16.3. The van der Waals surface area contributed by atoms with Crippen LogP contribution in [0.4, 0.5) is 0 Å². The molecule has 16 heavy (non-hydrogen) atoms. The molecule has 0 saturated carbocycles. The summed E-state index contributed by atoms with van der Waals surface area (Å²) in [6.45, 7) is 2.00. The summed E-state index contributed by atoms with van der Waals surface area (Å²) in [7, 11) is 0. The molecule has 4 heteroatoms. The molecular weight excluding hydrogens is 206 g/mol. The first-order valence-corrected chi connectivity index (χ1v) is 4.98. The number of carbonyl (C=O) groups is 1.